The van der Waals surface area contributed by atoms with Crippen LogP contribution >= 0.6 is 0 Å². The summed E-state index contributed by atoms with van der Waals surface area (Å²) in [5.74, 6) is 6.97. The summed E-state index contributed by atoms with van der Waals surface area (Å²) < 4.78 is 0. The van der Waals surface area contributed by atoms with Gasteiger partial charge in [-0.1, -0.05) is 80.6 Å². The van der Waals surface area contributed by atoms with E-state index in [1.807, 2.05) is 0 Å². The molecular weight excluding hydrogens is 288 g/mol. The Morgan fingerprint density at radius 3 is 1.62 bits per heavy atom. The lowest BCUT2D eigenvalue weighted by Crippen LogP contribution is -2.25. The van der Waals surface area contributed by atoms with Crippen LogP contribution in [0.3, 0.4) is 0 Å². The highest BCUT2D eigenvalue weighted by atomic mass is 14.3. The van der Waals surface area contributed by atoms with E-state index in [4.69, 9.17) is 0 Å². The minimum atomic E-state index is 0.909. The van der Waals surface area contributed by atoms with E-state index in [2.05, 4.69) is 61.6 Å². The Morgan fingerprint density at radius 2 is 1.21 bits per heavy atom. The SMILES string of the molecule is C=C.CCC1CC(C(C)C)CCC1C.CCC1CC(C)CCC1C. The molecule has 0 aromatic heterocycles. The molecule has 144 valence electrons. The van der Waals surface area contributed by atoms with E-state index in [9.17, 15) is 0 Å². The van der Waals surface area contributed by atoms with Crippen LogP contribution in [-0.4, -0.2) is 0 Å². The van der Waals surface area contributed by atoms with Gasteiger partial charge in [0.25, 0.3) is 0 Å². The van der Waals surface area contributed by atoms with Gasteiger partial charge in [0.2, 0.25) is 0 Å². The Morgan fingerprint density at radius 1 is 0.750 bits per heavy atom. The lowest BCUT2D eigenvalue weighted by Gasteiger charge is -2.35. The standard InChI is InChI=1S/C12H24.C10H20.C2H4/c1-5-11-8-12(9(2)3)7-6-10(11)4;1-4-10-7-8(2)5-6-9(10)3;1-2/h9-12H,5-8H2,1-4H3;8-10H,4-7H2,1-3H3;1-2H2. The molecule has 0 saturated heterocycles. The number of rotatable bonds is 3. The lowest BCUT2D eigenvalue weighted by molar-refractivity contribution is 0.155. The van der Waals surface area contributed by atoms with Gasteiger partial charge < -0.3 is 0 Å². The summed E-state index contributed by atoms with van der Waals surface area (Å²) in [6.07, 6.45) is 11.7. The minimum Gasteiger partial charge on any atom is -0.106 e. The van der Waals surface area contributed by atoms with Crippen LogP contribution in [0.15, 0.2) is 13.2 Å². The highest BCUT2D eigenvalue weighted by Crippen LogP contribution is 2.38. The zero-order chi connectivity index (χ0) is 18.7. The van der Waals surface area contributed by atoms with Crippen molar-refractivity contribution in [1.29, 1.82) is 0 Å². The summed E-state index contributed by atoms with van der Waals surface area (Å²) in [4.78, 5) is 0. The van der Waals surface area contributed by atoms with Crippen molar-refractivity contribution in [2.24, 2.45) is 41.4 Å². The first-order valence-electron chi connectivity index (χ1n) is 10.9. The monoisotopic (exact) mass is 336 g/mol. The first kappa shape index (κ1) is 23.7. The Bertz CT molecular complexity index is 292. The van der Waals surface area contributed by atoms with Gasteiger partial charge in [-0.05, 0) is 60.7 Å². The molecule has 2 fully saturated rings. The second-order valence-electron chi connectivity index (χ2n) is 9.03. The average Bonchev–Trinajstić information content (AvgIpc) is 2.59. The number of hydrogen-bond acceptors (Lipinski definition) is 0. The van der Waals surface area contributed by atoms with Crippen molar-refractivity contribution in [3.63, 3.8) is 0 Å². The summed E-state index contributed by atoms with van der Waals surface area (Å²) in [6.45, 7) is 22.7. The Hall–Kier alpha value is -0.260. The summed E-state index contributed by atoms with van der Waals surface area (Å²) in [5.41, 5.74) is 0. The first-order chi connectivity index (χ1) is 11.4. The van der Waals surface area contributed by atoms with Gasteiger partial charge in [-0.2, -0.15) is 0 Å². The topological polar surface area (TPSA) is 0 Å². The highest BCUT2D eigenvalue weighted by molar-refractivity contribution is 4.78. The van der Waals surface area contributed by atoms with Crippen LogP contribution in [0.5, 0.6) is 0 Å². The van der Waals surface area contributed by atoms with E-state index in [0.717, 1.165) is 41.4 Å². The van der Waals surface area contributed by atoms with Gasteiger partial charge in [0, 0.05) is 0 Å². The van der Waals surface area contributed by atoms with Crippen molar-refractivity contribution in [1.82, 2.24) is 0 Å². The first-order valence-corrected chi connectivity index (χ1v) is 10.9. The molecule has 0 spiro atoms. The lowest BCUT2D eigenvalue weighted by atomic mass is 9.70. The van der Waals surface area contributed by atoms with Crippen molar-refractivity contribution >= 4 is 0 Å². The van der Waals surface area contributed by atoms with Crippen molar-refractivity contribution in [2.75, 3.05) is 0 Å². The van der Waals surface area contributed by atoms with Crippen LogP contribution in [0, 0.1) is 41.4 Å². The van der Waals surface area contributed by atoms with Crippen LogP contribution in [0.1, 0.15) is 99.8 Å². The molecule has 0 amide bonds. The van der Waals surface area contributed by atoms with Crippen molar-refractivity contribution in [3.05, 3.63) is 13.2 Å². The molecule has 0 heterocycles. The molecule has 0 bridgehead atoms. The van der Waals surface area contributed by atoms with Crippen molar-refractivity contribution in [2.45, 2.75) is 99.8 Å². The molecule has 0 heteroatoms. The summed E-state index contributed by atoms with van der Waals surface area (Å²) in [5, 5.41) is 0. The van der Waals surface area contributed by atoms with Crippen LogP contribution in [0.25, 0.3) is 0 Å². The Balaban J connectivity index is 0.000000405. The largest absolute Gasteiger partial charge is 0.106 e. The summed E-state index contributed by atoms with van der Waals surface area (Å²) in [7, 11) is 0. The van der Waals surface area contributed by atoms with E-state index in [0.29, 0.717) is 0 Å². The van der Waals surface area contributed by atoms with E-state index in [1.54, 1.807) is 0 Å². The van der Waals surface area contributed by atoms with Gasteiger partial charge in [0.1, 0.15) is 0 Å². The molecule has 6 unspecified atom stereocenters. The van der Waals surface area contributed by atoms with E-state index < -0.39 is 0 Å². The van der Waals surface area contributed by atoms with Crippen LogP contribution < -0.4 is 0 Å². The molecule has 2 rings (SSSR count). The second kappa shape index (κ2) is 13.0. The fraction of sp³-hybridized carbons (Fsp3) is 0.917. The Labute approximate surface area is 154 Å². The molecule has 6 atom stereocenters. The average molecular weight is 337 g/mol. The highest BCUT2D eigenvalue weighted by Gasteiger charge is 2.27. The maximum absolute atomic E-state index is 3.00. The molecule has 0 aromatic carbocycles. The molecule has 0 N–H and O–H groups in total. The molecule has 2 aliphatic carbocycles. The van der Waals surface area contributed by atoms with Crippen LogP contribution in [-0.2, 0) is 0 Å². The summed E-state index contributed by atoms with van der Waals surface area (Å²) in [6, 6.07) is 0. The fourth-order valence-electron chi connectivity index (χ4n) is 4.85. The number of hydrogen-bond donors (Lipinski definition) is 0. The minimum absolute atomic E-state index is 0.909. The van der Waals surface area contributed by atoms with E-state index in [-0.39, 0.29) is 0 Å². The van der Waals surface area contributed by atoms with E-state index in [1.165, 1.54) is 51.4 Å². The van der Waals surface area contributed by atoms with Gasteiger partial charge in [-0.15, -0.1) is 13.2 Å². The molecule has 0 nitrogen and oxygen atoms in total. The molecule has 0 radical (unpaired) electrons. The maximum atomic E-state index is 3.00. The zero-order valence-electron chi connectivity index (χ0n) is 18.1. The molecule has 2 aliphatic rings. The van der Waals surface area contributed by atoms with Crippen LogP contribution in [0.2, 0.25) is 0 Å². The predicted octanol–water partition coefficient (Wildman–Crippen LogP) is 8.38. The van der Waals surface area contributed by atoms with Gasteiger partial charge >= 0.3 is 0 Å². The quantitative estimate of drug-likeness (QED) is 0.454. The fourth-order valence-corrected chi connectivity index (χ4v) is 4.85. The van der Waals surface area contributed by atoms with Crippen molar-refractivity contribution in [3.8, 4) is 0 Å². The Kier molecular flexibility index (Phi) is 12.9. The molecule has 0 aliphatic heterocycles. The van der Waals surface area contributed by atoms with Gasteiger partial charge in [-0.3, -0.25) is 0 Å². The maximum Gasteiger partial charge on any atom is -0.0388 e. The molecular formula is C24H48. The van der Waals surface area contributed by atoms with Crippen LogP contribution in [0.4, 0.5) is 0 Å². The normalized spacial score (nSPS) is 36.2. The van der Waals surface area contributed by atoms with Crippen molar-refractivity contribution < 1.29 is 0 Å². The molecule has 0 aromatic rings. The van der Waals surface area contributed by atoms with Gasteiger partial charge in [-0.25, -0.2) is 0 Å². The summed E-state index contributed by atoms with van der Waals surface area (Å²) >= 11 is 0. The predicted molar refractivity (Wildman–Crippen MR) is 112 cm³/mol. The third-order valence-electron chi connectivity index (χ3n) is 7.02. The van der Waals surface area contributed by atoms with Gasteiger partial charge in [0.15, 0.2) is 0 Å². The second-order valence-corrected chi connectivity index (χ2v) is 9.03. The third-order valence-corrected chi connectivity index (χ3v) is 7.02. The third kappa shape index (κ3) is 8.21. The zero-order valence-corrected chi connectivity index (χ0v) is 18.1. The molecule has 2 saturated carbocycles. The smallest absolute Gasteiger partial charge is 0.0388 e. The van der Waals surface area contributed by atoms with Gasteiger partial charge in [0.05, 0.1) is 0 Å². The molecule has 24 heavy (non-hydrogen) atoms. The van der Waals surface area contributed by atoms with E-state index >= 15 is 0 Å².